The van der Waals surface area contributed by atoms with Crippen molar-refractivity contribution in [3.63, 3.8) is 0 Å². The number of nitrogens with one attached hydrogen (secondary N) is 1. The van der Waals surface area contributed by atoms with Gasteiger partial charge < -0.3 is 9.47 Å². The summed E-state index contributed by atoms with van der Waals surface area (Å²) < 4.78 is 64.1. The Balaban J connectivity index is 1.70. The van der Waals surface area contributed by atoms with Gasteiger partial charge in [-0.1, -0.05) is 0 Å². The number of ether oxygens (including phenoxy) is 2. The van der Waals surface area contributed by atoms with Crippen LogP contribution in [-0.4, -0.2) is 66.7 Å². The quantitative estimate of drug-likeness (QED) is 0.743. The van der Waals surface area contributed by atoms with Crippen LogP contribution >= 0.6 is 0 Å². The van der Waals surface area contributed by atoms with Gasteiger partial charge >= 0.3 is 0 Å². The SMILES string of the molecule is O=S(=O)(NC[C@@H]1CCCO1)c1ccc(S(=O)(=O)N2CCOCC2)cc1. The molecule has 140 valence electrons. The number of morpholine rings is 1. The van der Waals surface area contributed by atoms with Crippen LogP contribution in [0.2, 0.25) is 0 Å². The van der Waals surface area contributed by atoms with Gasteiger partial charge in [0.05, 0.1) is 29.1 Å². The van der Waals surface area contributed by atoms with Gasteiger partial charge in [0.2, 0.25) is 20.0 Å². The Bertz CT molecular complexity index is 780. The van der Waals surface area contributed by atoms with Crippen molar-refractivity contribution in [3.05, 3.63) is 24.3 Å². The molecule has 2 saturated heterocycles. The van der Waals surface area contributed by atoms with E-state index in [1.807, 2.05) is 0 Å². The molecule has 1 atom stereocenters. The minimum absolute atomic E-state index is 0.0337. The maximum atomic E-state index is 12.5. The number of sulfonamides is 2. The van der Waals surface area contributed by atoms with Gasteiger partial charge in [0, 0.05) is 26.2 Å². The van der Waals surface area contributed by atoms with Crippen molar-refractivity contribution >= 4 is 20.0 Å². The van der Waals surface area contributed by atoms with Crippen molar-refractivity contribution in [3.8, 4) is 0 Å². The topological polar surface area (TPSA) is 102 Å². The molecule has 2 fully saturated rings. The molecule has 8 nitrogen and oxygen atoms in total. The van der Waals surface area contributed by atoms with E-state index in [4.69, 9.17) is 9.47 Å². The van der Waals surface area contributed by atoms with Gasteiger partial charge in [-0.15, -0.1) is 0 Å². The van der Waals surface area contributed by atoms with Crippen LogP contribution < -0.4 is 4.72 Å². The van der Waals surface area contributed by atoms with Gasteiger partial charge in [0.25, 0.3) is 0 Å². The van der Waals surface area contributed by atoms with E-state index in [9.17, 15) is 16.8 Å². The molecule has 2 aliphatic heterocycles. The lowest BCUT2D eigenvalue weighted by molar-refractivity contribution is 0.0730. The first-order chi connectivity index (χ1) is 11.9. The van der Waals surface area contributed by atoms with Crippen molar-refractivity contribution in [1.82, 2.24) is 9.03 Å². The van der Waals surface area contributed by atoms with E-state index in [0.29, 0.717) is 32.9 Å². The summed E-state index contributed by atoms with van der Waals surface area (Å²) in [5, 5.41) is 0. The molecule has 0 bridgehead atoms. The molecule has 0 unspecified atom stereocenters. The van der Waals surface area contributed by atoms with Gasteiger partial charge in [0.1, 0.15) is 0 Å². The highest BCUT2D eigenvalue weighted by Gasteiger charge is 2.27. The van der Waals surface area contributed by atoms with Crippen molar-refractivity contribution in [1.29, 1.82) is 0 Å². The molecule has 2 heterocycles. The zero-order chi connectivity index (χ0) is 17.9. The van der Waals surface area contributed by atoms with Crippen LogP contribution in [0.25, 0.3) is 0 Å². The molecule has 10 heteroatoms. The Kier molecular flexibility index (Phi) is 5.76. The number of rotatable bonds is 6. The predicted molar refractivity (Wildman–Crippen MR) is 90.2 cm³/mol. The average molecular weight is 390 g/mol. The van der Waals surface area contributed by atoms with Gasteiger partial charge in [-0.2, -0.15) is 4.31 Å². The summed E-state index contributed by atoms with van der Waals surface area (Å²) in [5.41, 5.74) is 0. The molecule has 25 heavy (non-hydrogen) atoms. The van der Waals surface area contributed by atoms with Crippen LogP contribution in [0.3, 0.4) is 0 Å². The van der Waals surface area contributed by atoms with E-state index >= 15 is 0 Å². The normalized spacial score (nSPS) is 23.0. The average Bonchev–Trinajstić information content (AvgIpc) is 3.15. The van der Waals surface area contributed by atoms with E-state index in [1.54, 1.807) is 0 Å². The minimum atomic E-state index is -3.69. The first-order valence-electron chi connectivity index (χ1n) is 8.19. The molecule has 1 N–H and O–H groups in total. The number of benzene rings is 1. The van der Waals surface area contributed by atoms with Crippen LogP contribution in [0.15, 0.2) is 34.1 Å². The van der Waals surface area contributed by atoms with Crippen molar-refractivity contribution in [2.75, 3.05) is 39.5 Å². The summed E-state index contributed by atoms with van der Waals surface area (Å²) in [7, 11) is -7.32. The molecular weight excluding hydrogens is 368 g/mol. The molecule has 0 aromatic heterocycles. The van der Waals surface area contributed by atoms with Crippen molar-refractivity contribution < 1.29 is 26.3 Å². The lowest BCUT2D eigenvalue weighted by Gasteiger charge is -2.26. The molecule has 3 rings (SSSR count). The number of hydrogen-bond acceptors (Lipinski definition) is 6. The molecule has 0 aliphatic carbocycles. The number of hydrogen-bond donors (Lipinski definition) is 1. The fourth-order valence-corrected chi connectivity index (χ4v) is 5.29. The summed E-state index contributed by atoms with van der Waals surface area (Å²) in [6.45, 7) is 2.19. The Morgan fingerprint density at radius 1 is 1.00 bits per heavy atom. The van der Waals surface area contributed by atoms with Crippen LogP contribution in [0.1, 0.15) is 12.8 Å². The van der Waals surface area contributed by atoms with Gasteiger partial charge in [0.15, 0.2) is 0 Å². The van der Waals surface area contributed by atoms with E-state index < -0.39 is 20.0 Å². The summed E-state index contributed by atoms with van der Waals surface area (Å²) in [4.78, 5) is 0.110. The van der Waals surface area contributed by atoms with Crippen molar-refractivity contribution in [2.45, 2.75) is 28.7 Å². The molecule has 0 spiro atoms. The Morgan fingerprint density at radius 2 is 1.64 bits per heavy atom. The standard InChI is InChI=1S/C15H22N2O6S2/c18-24(19,16-12-13-2-1-9-23-13)14-3-5-15(6-4-14)25(20,21)17-7-10-22-11-8-17/h3-6,13,16H,1-2,7-12H2/t13-/m0/s1. The van der Waals surface area contributed by atoms with Gasteiger partial charge in [-0.05, 0) is 37.1 Å². The smallest absolute Gasteiger partial charge is 0.243 e. The van der Waals surface area contributed by atoms with E-state index in [0.717, 1.165) is 12.8 Å². The second-order valence-electron chi connectivity index (χ2n) is 5.97. The first-order valence-corrected chi connectivity index (χ1v) is 11.1. The molecule has 0 saturated carbocycles. The molecule has 0 radical (unpaired) electrons. The monoisotopic (exact) mass is 390 g/mol. The molecule has 1 aromatic rings. The third kappa shape index (κ3) is 4.39. The van der Waals surface area contributed by atoms with E-state index in [2.05, 4.69) is 4.72 Å². The Hall–Kier alpha value is -1.04. The molecule has 0 amide bonds. The van der Waals surface area contributed by atoms with Crippen LogP contribution in [0, 0.1) is 0 Å². The third-order valence-electron chi connectivity index (χ3n) is 4.27. The van der Waals surface area contributed by atoms with Gasteiger partial charge in [-0.3, -0.25) is 0 Å². The lowest BCUT2D eigenvalue weighted by atomic mass is 10.2. The second kappa shape index (κ2) is 7.68. The van der Waals surface area contributed by atoms with Crippen molar-refractivity contribution in [2.24, 2.45) is 0 Å². The highest BCUT2D eigenvalue weighted by molar-refractivity contribution is 7.89. The Morgan fingerprint density at radius 3 is 2.24 bits per heavy atom. The maximum absolute atomic E-state index is 12.5. The fraction of sp³-hybridized carbons (Fsp3) is 0.600. The van der Waals surface area contributed by atoms with E-state index in [-0.39, 0.29) is 22.4 Å². The Labute approximate surface area is 148 Å². The summed E-state index contributed by atoms with van der Waals surface area (Å²) in [6.07, 6.45) is 1.66. The van der Waals surface area contributed by atoms with Gasteiger partial charge in [-0.25, -0.2) is 21.6 Å². The second-order valence-corrected chi connectivity index (χ2v) is 9.68. The third-order valence-corrected chi connectivity index (χ3v) is 7.62. The van der Waals surface area contributed by atoms with Crippen LogP contribution in [-0.2, 0) is 29.5 Å². The summed E-state index contributed by atoms with van der Waals surface area (Å²) in [6, 6.07) is 5.27. The molecule has 1 aromatic carbocycles. The molecule has 2 aliphatic rings. The first kappa shape index (κ1) is 18.7. The minimum Gasteiger partial charge on any atom is -0.379 e. The zero-order valence-corrected chi connectivity index (χ0v) is 15.4. The summed E-state index contributed by atoms with van der Waals surface area (Å²) >= 11 is 0. The number of nitrogens with zero attached hydrogens (tertiary/aromatic N) is 1. The highest BCUT2D eigenvalue weighted by Crippen LogP contribution is 2.20. The lowest BCUT2D eigenvalue weighted by Crippen LogP contribution is -2.40. The highest BCUT2D eigenvalue weighted by atomic mass is 32.2. The van der Waals surface area contributed by atoms with E-state index in [1.165, 1.54) is 28.6 Å². The summed E-state index contributed by atoms with van der Waals surface area (Å²) in [5.74, 6) is 0. The fourth-order valence-electron chi connectivity index (χ4n) is 2.82. The molecular formula is C15H22N2O6S2. The largest absolute Gasteiger partial charge is 0.379 e. The predicted octanol–water partition coefficient (Wildman–Crippen LogP) is 0.165. The van der Waals surface area contributed by atoms with Crippen LogP contribution in [0.5, 0.6) is 0 Å². The zero-order valence-electron chi connectivity index (χ0n) is 13.8. The maximum Gasteiger partial charge on any atom is 0.243 e. The van der Waals surface area contributed by atoms with Crippen LogP contribution in [0.4, 0.5) is 0 Å².